The highest BCUT2D eigenvalue weighted by molar-refractivity contribution is 5.93. The van der Waals surface area contributed by atoms with Crippen molar-refractivity contribution < 1.29 is 4.79 Å². The summed E-state index contributed by atoms with van der Waals surface area (Å²) in [6.07, 6.45) is 12.5. The van der Waals surface area contributed by atoms with Crippen LogP contribution in [0.25, 0.3) is 0 Å². The van der Waals surface area contributed by atoms with Crippen molar-refractivity contribution in [2.24, 2.45) is 5.92 Å². The van der Waals surface area contributed by atoms with Gasteiger partial charge in [-0.3, -0.25) is 9.48 Å². The lowest BCUT2D eigenvalue weighted by atomic mass is 9.88. The third kappa shape index (κ3) is 3.76. The van der Waals surface area contributed by atoms with Crippen LogP contribution >= 0.6 is 0 Å². The number of hydrogen-bond donors (Lipinski definition) is 1. The van der Waals surface area contributed by atoms with E-state index in [1.54, 1.807) is 4.90 Å². The monoisotopic (exact) mass is 344 g/mol. The Morgan fingerprint density at radius 1 is 1.12 bits per heavy atom. The molecule has 1 N–H and O–H groups in total. The average Bonchev–Trinajstić information content (AvgIpc) is 3.36. The van der Waals surface area contributed by atoms with Gasteiger partial charge in [-0.25, -0.2) is 0 Å². The second-order valence-corrected chi connectivity index (χ2v) is 8.54. The summed E-state index contributed by atoms with van der Waals surface area (Å²) in [6.45, 7) is 1.00. The van der Waals surface area contributed by atoms with Crippen LogP contribution in [0.1, 0.15) is 73.1 Å². The highest BCUT2D eigenvalue weighted by Gasteiger charge is 2.33. The minimum Gasteiger partial charge on any atom is -0.343 e. The lowest BCUT2D eigenvalue weighted by molar-refractivity contribution is 0.0819. The molecule has 5 nitrogen and oxygen atoms in total. The molecule has 1 heterocycles. The largest absolute Gasteiger partial charge is 0.343 e. The Kier molecular flexibility index (Phi) is 4.85. The van der Waals surface area contributed by atoms with Gasteiger partial charge in [0.05, 0.1) is 0 Å². The summed E-state index contributed by atoms with van der Waals surface area (Å²) in [5, 5.41) is 8.59. The first-order chi connectivity index (χ1) is 12.1. The normalized spacial score (nSPS) is 24.2. The van der Waals surface area contributed by atoms with E-state index in [0.717, 1.165) is 31.3 Å². The van der Waals surface area contributed by atoms with Crippen molar-refractivity contribution >= 4 is 5.91 Å². The second-order valence-electron chi connectivity index (χ2n) is 8.54. The van der Waals surface area contributed by atoms with Gasteiger partial charge in [-0.1, -0.05) is 19.3 Å². The van der Waals surface area contributed by atoms with Crippen molar-refractivity contribution in [3.63, 3.8) is 0 Å². The Hall–Kier alpha value is -1.36. The number of hydrogen-bond acceptors (Lipinski definition) is 3. The van der Waals surface area contributed by atoms with E-state index >= 15 is 0 Å². The third-order valence-electron chi connectivity index (χ3n) is 6.16. The average molecular weight is 345 g/mol. The third-order valence-corrected chi connectivity index (χ3v) is 6.16. The molecule has 138 valence electrons. The van der Waals surface area contributed by atoms with Crippen LogP contribution < -0.4 is 5.32 Å². The highest BCUT2D eigenvalue weighted by atomic mass is 16.2. The fraction of sp³-hybridized carbons (Fsp3) is 0.800. The zero-order chi connectivity index (χ0) is 17.4. The Morgan fingerprint density at radius 3 is 2.56 bits per heavy atom. The predicted octanol–water partition coefficient (Wildman–Crippen LogP) is 2.77. The number of fused-ring (bicyclic) bond motifs is 1. The first-order valence-corrected chi connectivity index (χ1v) is 10.2. The molecule has 1 atom stereocenters. The minimum absolute atomic E-state index is 0.0608. The van der Waals surface area contributed by atoms with Crippen LogP contribution in [0.2, 0.25) is 0 Å². The maximum atomic E-state index is 12.7. The Bertz CT molecular complexity index is 626. The summed E-state index contributed by atoms with van der Waals surface area (Å²) in [6, 6.07) is 1.23. The van der Waals surface area contributed by atoms with Crippen LogP contribution in [0.3, 0.4) is 0 Å². The molecule has 25 heavy (non-hydrogen) atoms. The lowest BCUT2D eigenvalue weighted by Crippen LogP contribution is -2.37. The summed E-state index contributed by atoms with van der Waals surface area (Å²) in [7, 11) is 3.66. The molecule has 1 aromatic rings. The van der Waals surface area contributed by atoms with E-state index in [4.69, 9.17) is 5.10 Å². The molecule has 1 unspecified atom stereocenters. The fourth-order valence-corrected chi connectivity index (χ4v) is 4.56. The molecule has 0 radical (unpaired) electrons. The van der Waals surface area contributed by atoms with Gasteiger partial charge in [0, 0.05) is 44.0 Å². The fourth-order valence-electron chi connectivity index (χ4n) is 4.56. The molecule has 0 saturated heterocycles. The van der Waals surface area contributed by atoms with E-state index in [2.05, 4.69) is 10.00 Å². The molecule has 1 aromatic heterocycles. The molecule has 2 saturated carbocycles. The first kappa shape index (κ1) is 17.1. The zero-order valence-electron chi connectivity index (χ0n) is 15.8. The van der Waals surface area contributed by atoms with Gasteiger partial charge in [-0.05, 0) is 50.9 Å². The molecule has 2 fully saturated rings. The van der Waals surface area contributed by atoms with Crippen LogP contribution in [0.15, 0.2) is 0 Å². The maximum Gasteiger partial charge on any atom is 0.274 e. The van der Waals surface area contributed by atoms with E-state index in [9.17, 15) is 4.79 Å². The van der Waals surface area contributed by atoms with E-state index in [1.807, 2.05) is 14.1 Å². The summed E-state index contributed by atoms with van der Waals surface area (Å²) in [5.74, 6) is 0.799. The smallest absolute Gasteiger partial charge is 0.274 e. The summed E-state index contributed by atoms with van der Waals surface area (Å²) < 4.78 is 2.20. The zero-order valence-corrected chi connectivity index (χ0v) is 15.8. The molecule has 3 aliphatic rings. The van der Waals surface area contributed by atoms with Gasteiger partial charge in [0.25, 0.3) is 5.91 Å². The van der Waals surface area contributed by atoms with Crippen molar-refractivity contribution in [3.05, 3.63) is 17.0 Å². The van der Waals surface area contributed by atoms with Crippen molar-refractivity contribution in [1.29, 1.82) is 0 Å². The van der Waals surface area contributed by atoms with Gasteiger partial charge >= 0.3 is 0 Å². The topological polar surface area (TPSA) is 50.2 Å². The Balaban J connectivity index is 1.58. The van der Waals surface area contributed by atoms with Crippen molar-refractivity contribution in [3.8, 4) is 0 Å². The number of rotatable bonds is 5. The Labute approximate surface area is 151 Å². The SMILES string of the molecule is CN(C)C(=O)c1nn(CC2CCCCC2)c2c1CC(NC1CC1)CC2. The van der Waals surface area contributed by atoms with Crippen molar-refractivity contribution in [2.45, 2.75) is 82.8 Å². The van der Waals surface area contributed by atoms with Gasteiger partial charge in [0.15, 0.2) is 5.69 Å². The Morgan fingerprint density at radius 2 is 1.88 bits per heavy atom. The number of carbonyl (C=O) groups is 1. The summed E-state index contributed by atoms with van der Waals surface area (Å²) >= 11 is 0. The van der Waals surface area contributed by atoms with Crippen LogP contribution in [0, 0.1) is 5.92 Å². The molecule has 3 aliphatic carbocycles. The van der Waals surface area contributed by atoms with Crippen molar-refractivity contribution in [2.75, 3.05) is 14.1 Å². The van der Waals surface area contributed by atoms with Crippen LogP contribution in [-0.2, 0) is 19.4 Å². The number of nitrogens with zero attached hydrogens (tertiary/aromatic N) is 3. The molecule has 0 aliphatic heterocycles. The summed E-state index contributed by atoms with van der Waals surface area (Å²) in [5.41, 5.74) is 3.27. The van der Waals surface area contributed by atoms with Crippen LogP contribution in [0.4, 0.5) is 0 Å². The van der Waals surface area contributed by atoms with Gasteiger partial charge < -0.3 is 10.2 Å². The van der Waals surface area contributed by atoms with Crippen molar-refractivity contribution in [1.82, 2.24) is 20.0 Å². The molecular formula is C20H32N4O. The standard InChI is InChI=1S/C20H32N4O/c1-23(2)20(25)19-17-12-16(21-15-8-9-15)10-11-18(17)24(22-19)13-14-6-4-3-5-7-14/h14-16,21H,3-13H2,1-2H3. The number of amides is 1. The first-order valence-electron chi connectivity index (χ1n) is 10.2. The van der Waals surface area contributed by atoms with E-state index in [0.29, 0.717) is 11.7 Å². The molecule has 0 bridgehead atoms. The molecule has 0 spiro atoms. The van der Waals surface area contributed by atoms with Crippen LogP contribution in [-0.4, -0.2) is 46.8 Å². The van der Waals surface area contributed by atoms with Gasteiger partial charge in [-0.2, -0.15) is 5.10 Å². The second kappa shape index (κ2) is 7.10. The maximum absolute atomic E-state index is 12.7. The number of nitrogens with one attached hydrogen (secondary N) is 1. The van der Waals surface area contributed by atoms with Gasteiger partial charge in [0.1, 0.15) is 0 Å². The quantitative estimate of drug-likeness (QED) is 0.893. The summed E-state index contributed by atoms with van der Waals surface area (Å²) in [4.78, 5) is 14.4. The highest BCUT2D eigenvalue weighted by Crippen LogP contribution is 2.31. The number of aromatic nitrogens is 2. The lowest BCUT2D eigenvalue weighted by Gasteiger charge is -2.26. The van der Waals surface area contributed by atoms with Gasteiger partial charge in [-0.15, -0.1) is 0 Å². The van der Waals surface area contributed by atoms with E-state index in [1.165, 1.54) is 62.6 Å². The predicted molar refractivity (Wildman–Crippen MR) is 98.8 cm³/mol. The van der Waals surface area contributed by atoms with E-state index < -0.39 is 0 Å². The molecule has 1 amide bonds. The minimum atomic E-state index is 0.0608. The van der Waals surface area contributed by atoms with E-state index in [-0.39, 0.29) is 5.91 Å². The molecular weight excluding hydrogens is 312 g/mol. The molecule has 5 heteroatoms. The number of carbonyl (C=O) groups excluding carboxylic acids is 1. The molecule has 0 aromatic carbocycles. The molecule has 4 rings (SSSR count). The van der Waals surface area contributed by atoms with Gasteiger partial charge in [0.2, 0.25) is 0 Å². The van der Waals surface area contributed by atoms with Crippen LogP contribution in [0.5, 0.6) is 0 Å².